The molecular formula is C27H41BrO5. The molecule has 0 aromatic heterocycles. The van der Waals surface area contributed by atoms with Gasteiger partial charge < -0.3 is 19.7 Å². The molecular weight excluding hydrogens is 484 g/mol. The zero-order valence-electron chi connectivity index (χ0n) is 20.5. The van der Waals surface area contributed by atoms with E-state index in [9.17, 15) is 15.0 Å². The van der Waals surface area contributed by atoms with E-state index in [0.717, 1.165) is 44.9 Å². The van der Waals surface area contributed by atoms with E-state index < -0.39 is 17.3 Å². The lowest BCUT2D eigenvalue weighted by atomic mass is 9.43. The van der Waals surface area contributed by atoms with Crippen molar-refractivity contribution in [2.45, 2.75) is 102 Å². The third-order valence-corrected chi connectivity index (χ3v) is 12.7. The molecule has 2 heterocycles. The summed E-state index contributed by atoms with van der Waals surface area (Å²) in [5, 5.41) is 22.0. The first-order valence-electron chi connectivity index (χ1n) is 13.4. The SMILES string of the molecule is CC1COC2(O[C@H]3CC4C5CC[C@H]6C[C@@H](O)CC[C@]6(C)C5C(O)C(=O)[C@]4(C)C3C2C)C(Br)C1. The Morgan fingerprint density at radius 3 is 2.52 bits per heavy atom. The summed E-state index contributed by atoms with van der Waals surface area (Å²) in [7, 11) is 0. The number of ketones is 1. The summed E-state index contributed by atoms with van der Waals surface area (Å²) in [6.07, 6.45) is 5.45. The smallest absolute Gasteiger partial charge is 0.184 e. The Morgan fingerprint density at radius 1 is 1.03 bits per heavy atom. The number of Topliss-reactive ketones (excluding diaryl/α,β-unsaturated/α-hetero) is 1. The lowest BCUT2D eigenvalue weighted by Crippen LogP contribution is -2.64. The van der Waals surface area contributed by atoms with Gasteiger partial charge in [-0.25, -0.2) is 0 Å². The van der Waals surface area contributed by atoms with Crippen LogP contribution in [-0.4, -0.2) is 51.5 Å². The number of hydrogen-bond acceptors (Lipinski definition) is 5. The van der Waals surface area contributed by atoms with Crippen LogP contribution in [0, 0.1) is 52.3 Å². The van der Waals surface area contributed by atoms with Crippen LogP contribution in [0.4, 0.5) is 0 Å². The Bertz CT molecular complexity index is 835. The molecule has 4 saturated carbocycles. The second-order valence-electron chi connectivity index (χ2n) is 13.1. The molecule has 0 aromatic rings. The van der Waals surface area contributed by atoms with Gasteiger partial charge in [0.2, 0.25) is 0 Å². The average Bonchev–Trinajstić information content (AvgIpc) is 3.22. The zero-order valence-corrected chi connectivity index (χ0v) is 22.1. The fraction of sp³-hybridized carbons (Fsp3) is 0.963. The predicted octanol–water partition coefficient (Wildman–Crippen LogP) is 4.32. The third-order valence-electron chi connectivity index (χ3n) is 11.7. The molecule has 2 saturated heterocycles. The van der Waals surface area contributed by atoms with Crippen molar-refractivity contribution in [3.05, 3.63) is 0 Å². The predicted molar refractivity (Wildman–Crippen MR) is 128 cm³/mol. The first-order valence-corrected chi connectivity index (χ1v) is 14.3. The molecule has 6 heteroatoms. The van der Waals surface area contributed by atoms with Crippen molar-refractivity contribution in [2.24, 2.45) is 52.3 Å². The minimum absolute atomic E-state index is 0.00752. The Labute approximate surface area is 206 Å². The fourth-order valence-corrected chi connectivity index (χ4v) is 11.4. The van der Waals surface area contributed by atoms with E-state index in [1.807, 2.05) is 0 Å². The number of carbonyl (C=O) groups excluding carboxylic acids is 1. The zero-order chi connectivity index (χ0) is 23.5. The Kier molecular flexibility index (Phi) is 5.32. The van der Waals surface area contributed by atoms with Crippen LogP contribution in [0.15, 0.2) is 0 Å². The molecule has 0 bridgehead atoms. The molecule has 0 aromatic carbocycles. The van der Waals surface area contributed by atoms with Gasteiger partial charge in [0.15, 0.2) is 11.6 Å². The monoisotopic (exact) mass is 524 g/mol. The van der Waals surface area contributed by atoms with Gasteiger partial charge in [0.1, 0.15) is 6.10 Å². The van der Waals surface area contributed by atoms with Gasteiger partial charge in [0.25, 0.3) is 0 Å². The van der Waals surface area contributed by atoms with Gasteiger partial charge in [-0.05, 0) is 74.0 Å². The maximum atomic E-state index is 14.1. The molecule has 186 valence electrons. The molecule has 6 aliphatic rings. The summed E-state index contributed by atoms with van der Waals surface area (Å²) < 4.78 is 13.2. The van der Waals surface area contributed by atoms with Crippen molar-refractivity contribution >= 4 is 21.7 Å². The third kappa shape index (κ3) is 2.88. The summed E-state index contributed by atoms with van der Waals surface area (Å²) in [6.45, 7) is 9.57. The highest BCUT2D eigenvalue weighted by atomic mass is 79.9. The Balaban J connectivity index is 1.34. The Hall–Kier alpha value is -0.0100. The summed E-state index contributed by atoms with van der Waals surface area (Å²) in [4.78, 5) is 14.3. The maximum absolute atomic E-state index is 14.1. The summed E-state index contributed by atoms with van der Waals surface area (Å²) in [6, 6.07) is 0. The van der Waals surface area contributed by atoms with Crippen LogP contribution in [-0.2, 0) is 14.3 Å². The van der Waals surface area contributed by atoms with Crippen molar-refractivity contribution < 1.29 is 24.5 Å². The van der Waals surface area contributed by atoms with E-state index in [0.29, 0.717) is 24.4 Å². The lowest BCUT2D eigenvalue weighted by molar-refractivity contribution is -0.267. The standard InChI is InChI=1S/C27H41BrO5/c1-13-9-20(28)27(32-12-13)14(2)21-19(33-27)11-18-17-6-5-15-10-16(29)7-8-25(15,3)22(17)23(30)24(31)26(18,21)4/h13-23,29-30H,5-12H2,1-4H3/t13?,14?,15-,16-,17?,18?,19-,20?,21?,22?,23?,25-,26-,27?/m0/s1. The molecule has 2 aliphatic heterocycles. The number of halogens is 1. The van der Waals surface area contributed by atoms with Crippen molar-refractivity contribution in [3.8, 4) is 0 Å². The van der Waals surface area contributed by atoms with Crippen LogP contribution < -0.4 is 0 Å². The molecule has 2 N–H and O–H groups in total. The van der Waals surface area contributed by atoms with Crippen molar-refractivity contribution in [1.82, 2.24) is 0 Å². The Morgan fingerprint density at radius 2 is 1.79 bits per heavy atom. The van der Waals surface area contributed by atoms with Gasteiger partial charge >= 0.3 is 0 Å². The number of rotatable bonds is 0. The highest BCUT2D eigenvalue weighted by molar-refractivity contribution is 9.09. The van der Waals surface area contributed by atoms with E-state index >= 15 is 0 Å². The molecule has 6 rings (SSSR count). The molecule has 5 nitrogen and oxygen atoms in total. The summed E-state index contributed by atoms with van der Waals surface area (Å²) in [5.74, 6) is 1.07. The average molecular weight is 526 g/mol. The normalized spacial score (nSPS) is 62.5. The van der Waals surface area contributed by atoms with E-state index in [4.69, 9.17) is 9.47 Å². The topological polar surface area (TPSA) is 76.0 Å². The van der Waals surface area contributed by atoms with Crippen LogP contribution in [0.25, 0.3) is 0 Å². The van der Waals surface area contributed by atoms with Crippen molar-refractivity contribution in [2.75, 3.05) is 6.61 Å². The minimum atomic E-state index is -0.908. The number of hydrogen-bond donors (Lipinski definition) is 2. The largest absolute Gasteiger partial charge is 0.393 e. The first kappa shape index (κ1) is 23.4. The van der Waals surface area contributed by atoms with E-state index in [-0.39, 0.29) is 51.9 Å². The van der Waals surface area contributed by atoms with Gasteiger partial charge in [0.05, 0.1) is 23.6 Å². The van der Waals surface area contributed by atoms with E-state index in [1.165, 1.54) is 0 Å². The highest BCUT2D eigenvalue weighted by Crippen LogP contribution is 2.70. The van der Waals surface area contributed by atoms with Gasteiger partial charge in [-0.2, -0.15) is 0 Å². The molecule has 0 radical (unpaired) electrons. The number of ether oxygens (including phenoxy) is 2. The lowest BCUT2D eigenvalue weighted by Gasteiger charge is -2.61. The van der Waals surface area contributed by atoms with Gasteiger partial charge in [-0.3, -0.25) is 4.79 Å². The number of alkyl halides is 1. The quantitative estimate of drug-likeness (QED) is 0.461. The molecule has 1 spiro atoms. The summed E-state index contributed by atoms with van der Waals surface area (Å²) in [5.41, 5.74) is -0.627. The minimum Gasteiger partial charge on any atom is -0.393 e. The van der Waals surface area contributed by atoms with Gasteiger partial charge in [0, 0.05) is 23.2 Å². The van der Waals surface area contributed by atoms with Crippen LogP contribution >= 0.6 is 15.9 Å². The van der Waals surface area contributed by atoms with Crippen LogP contribution in [0.3, 0.4) is 0 Å². The van der Waals surface area contributed by atoms with Crippen molar-refractivity contribution in [1.29, 1.82) is 0 Å². The second-order valence-corrected chi connectivity index (χ2v) is 14.2. The van der Waals surface area contributed by atoms with Crippen molar-refractivity contribution in [3.63, 3.8) is 0 Å². The first-order chi connectivity index (χ1) is 15.5. The second kappa shape index (κ2) is 7.50. The fourth-order valence-electron chi connectivity index (χ4n) is 10.1. The molecule has 14 atom stereocenters. The van der Waals surface area contributed by atoms with Crippen LogP contribution in [0.1, 0.15) is 72.6 Å². The van der Waals surface area contributed by atoms with Gasteiger partial charge in [-0.15, -0.1) is 0 Å². The summed E-state index contributed by atoms with van der Waals surface area (Å²) >= 11 is 3.89. The van der Waals surface area contributed by atoms with E-state index in [2.05, 4.69) is 43.6 Å². The van der Waals surface area contributed by atoms with E-state index in [1.54, 1.807) is 0 Å². The van der Waals surface area contributed by atoms with Crippen LogP contribution in [0.2, 0.25) is 0 Å². The molecule has 4 aliphatic carbocycles. The van der Waals surface area contributed by atoms with Gasteiger partial charge in [-0.1, -0.05) is 43.6 Å². The molecule has 6 fully saturated rings. The highest BCUT2D eigenvalue weighted by Gasteiger charge is 2.74. The number of carbonyl (C=O) groups is 1. The number of aliphatic hydroxyl groups is 2. The molecule has 0 amide bonds. The molecule has 33 heavy (non-hydrogen) atoms. The van der Waals surface area contributed by atoms with Crippen LogP contribution in [0.5, 0.6) is 0 Å². The number of fused-ring (bicyclic) bond motifs is 7. The number of aliphatic hydroxyl groups excluding tert-OH is 2. The maximum Gasteiger partial charge on any atom is 0.184 e. The molecule has 9 unspecified atom stereocenters.